The number of rotatable bonds is 3. The quantitative estimate of drug-likeness (QED) is 0.430. The number of aryl methyl sites for hydroxylation is 1. The zero-order valence-electron chi connectivity index (χ0n) is 18.3. The number of hydrogen-bond acceptors (Lipinski definition) is 8. The number of nitrogens with zero attached hydrogens (tertiary/aromatic N) is 4. The molecule has 0 radical (unpaired) electrons. The molecule has 0 unspecified atom stereocenters. The van der Waals surface area contributed by atoms with Gasteiger partial charge in [0.1, 0.15) is 32.9 Å². The van der Waals surface area contributed by atoms with Gasteiger partial charge in [0.25, 0.3) is 5.91 Å². The van der Waals surface area contributed by atoms with Crippen molar-refractivity contribution in [3.8, 4) is 17.4 Å². The molecule has 10 heteroatoms. The molecule has 4 heterocycles. The molecule has 1 amide bonds. The van der Waals surface area contributed by atoms with Crippen LogP contribution in [0.2, 0.25) is 5.02 Å². The fourth-order valence-corrected chi connectivity index (χ4v) is 5.57. The number of furan rings is 1. The summed E-state index contributed by atoms with van der Waals surface area (Å²) in [7, 11) is 0. The third kappa shape index (κ3) is 3.61. The predicted octanol–water partition coefficient (Wildman–Crippen LogP) is 4.52. The number of benzene rings is 1. The van der Waals surface area contributed by atoms with Crippen molar-refractivity contribution in [3.05, 3.63) is 57.6 Å². The Labute approximate surface area is 204 Å². The van der Waals surface area contributed by atoms with Crippen molar-refractivity contribution in [2.24, 2.45) is 0 Å². The van der Waals surface area contributed by atoms with E-state index in [1.165, 1.54) is 17.6 Å². The number of pyridine rings is 1. The van der Waals surface area contributed by atoms with E-state index in [-0.39, 0.29) is 23.0 Å². The van der Waals surface area contributed by atoms with Crippen molar-refractivity contribution < 1.29 is 9.21 Å². The smallest absolute Gasteiger partial charge is 0.266 e. The normalized spacial score (nSPS) is 13.9. The van der Waals surface area contributed by atoms with Gasteiger partial charge in [0.05, 0.1) is 17.5 Å². The van der Waals surface area contributed by atoms with Crippen molar-refractivity contribution in [2.75, 3.05) is 42.5 Å². The second-order valence-corrected chi connectivity index (χ2v) is 9.51. The molecule has 4 N–H and O–H groups in total. The van der Waals surface area contributed by atoms with Crippen LogP contribution in [0.15, 0.2) is 41.0 Å². The van der Waals surface area contributed by atoms with Crippen molar-refractivity contribution in [1.82, 2.24) is 9.88 Å². The SMILES string of the molecule is Cc1ccc(Cl)cc1N1CCN(C(=O)c2sc3nc(N)c(C#N)c(-c4ccco4)c3c2N)CC1. The standard InChI is InChI=1S/C24H21ClN6O2S/c1-13-4-5-14(25)11-16(13)30-6-8-31(9-7-30)24(32)21-20(27)19-18(17-3-2-10-33-17)15(12-26)22(28)29-23(19)34-21/h2-5,10-11H,6-9,27H2,1H3,(H2,28,29). The maximum Gasteiger partial charge on any atom is 0.266 e. The number of nitrogens with two attached hydrogens (primary N) is 2. The van der Waals surface area contributed by atoms with Gasteiger partial charge in [-0.2, -0.15) is 5.26 Å². The van der Waals surface area contributed by atoms with Gasteiger partial charge in [-0.3, -0.25) is 4.79 Å². The van der Waals surface area contributed by atoms with Gasteiger partial charge in [0, 0.05) is 42.3 Å². The first-order valence-electron chi connectivity index (χ1n) is 10.6. The molecule has 5 rings (SSSR count). The van der Waals surface area contributed by atoms with Crippen LogP contribution in [-0.2, 0) is 0 Å². The summed E-state index contributed by atoms with van der Waals surface area (Å²) in [5.74, 6) is 0.363. The van der Waals surface area contributed by atoms with Gasteiger partial charge in [-0.05, 0) is 36.8 Å². The summed E-state index contributed by atoms with van der Waals surface area (Å²) < 4.78 is 5.54. The molecule has 3 aromatic heterocycles. The van der Waals surface area contributed by atoms with E-state index >= 15 is 0 Å². The molecule has 172 valence electrons. The first kappa shape index (κ1) is 22.1. The molecular formula is C24H21ClN6O2S. The number of nitrogen functional groups attached to an aromatic ring is 2. The van der Waals surface area contributed by atoms with Crippen LogP contribution < -0.4 is 16.4 Å². The van der Waals surface area contributed by atoms with Crippen LogP contribution in [0.4, 0.5) is 17.2 Å². The summed E-state index contributed by atoms with van der Waals surface area (Å²) in [6.45, 7) is 4.50. The minimum Gasteiger partial charge on any atom is -0.464 e. The molecule has 1 aliphatic rings. The van der Waals surface area contributed by atoms with E-state index in [0.29, 0.717) is 57.6 Å². The number of nitriles is 1. The first-order chi connectivity index (χ1) is 16.4. The molecule has 8 nitrogen and oxygen atoms in total. The zero-order chi connectivity index (χ0) is 24.0. The van der Waals surface area contributed by atoms with Crippen LogP contribution in [0, 0.1) is 18.3 Å². The Hall–Kier alpha value is -3.74. The number of fused-ring (bicyclic) bond motifs is 1. The fraction of sp³-hybridized carbons (Fsp3) is 0.208. The molecule has 0 aliphatic carbocycles. The third-order valence-corrected chi connectivity index (χ3v) is 7.38. The molecule has 1 aliphatic heterocycles. The highest BCUT2D eigenvalue weighted by Gasteiger charge is 2.29. The van der Waals surface area contributed by atoms with E-state index in [0.717, 1.165) is 11.3 Å². The Balaban J connectivity index is 1.47. The molecular weight excluding hydrogens is 472 g/mol. The van der Waals surface area contributed by atoms with E-state index < -0.39 is 0 Å². The topological polar surface area (TPSA) is 125 Å². The summed E-state index contributed by atoms with van der Waals surface area (Å²) in [6, 6.07) is 11.4. The molecule has 4 aromatic rings. The maximum atomic E-state index is 13.5. The van der Waals surface area contributed by atoms with Crippen LogP contribution in [-0.4, -0.2) is 42.0 Å². The van der Waals surface area contributed by atoms with E-state index in [4.69, 9.17) is 27.5 Å². The Morgan fingerprint density at radius 1 is 1.24 bits per heavy atom. The number of piperazine rings is 1. The number of anilines is 3. The van der Waals surface area contributed by atoms with Gasteiger partial charge < -0.3 is 25.7 Å². The van der Waals surface area contributed by atoms with Crippen molar-refractivity contribution in [3.63, 3.8) is 0 Å². The molecule has 0 spiro atoms. The lowest BCUT2D eigenvalue weighted by Gasteiger charge is -2.36. The highest BCUT2D eigenvalue weighted by atomic mass is 35.5. The van der Waals surface area contributed by atoms with Gasteiger partial charge in [0.2, 0.25) is 0 Å². The van der Waals surface area contributed by atoms with E-state index in [1.54, 1.807) is 17.0 Å². The van der Waals surface area contributed by atoms with Crippen LogP contribution in [0.25, 0.3) is 21.5 Å². The molecule has 1 saturated heterocycles. The Morgan fingerprint density at radius 3 is 2.68 bits per heavy atom. The number of carbonyl (C=O) groups is 1. The minimum atomic E-state index is -0.162. The lowest BCUT2D eigenvalue weighted by Crippen LogP contribution is -2.49. The van der Waals surface area contributed by atoms with Crippen LogP contribution in [0.3, 0.4) is 0 Å². The first-order valence-corrected chi connectivity index (χ1v) is 11.8. The van der Waals surface area contributed by atoms with E-state index in [9.17, 15) is 10.1 Å². The third-order valence-electron chi connectivity index (χ3n) is 6.06. The summed E-state index contributed by atoms with van der Waals surface area (Å²) in [5, 5.41) is 10.9. The number of carbonyl (C=O) groups excluding carboxylic acids is 1. The fourth-order valence-electron chi connectivity index (χ4n) is 4.33. The van der Waals surface area contributed by atoms with Crippen molar-refractivity contribution in [2.45, 2.75) is 6.92 Å². The van der Waals surface area contributed by atoms with Crippen LogP contribution in [0.5, 0.6) is 0 Å². The molecule has 1 fully saturated rings. The second kappa shape index (κ2) is 8.56. The predicted molar refractivity (Wildman–Crippen MR) is 135 cm³/mol. The van der Waals surface area contributed by atoms with E-state index in [2.05, 4.69) is 16.0 Å². The van der Waals surface area contributed by atoms with Gasteiger partial charge in [-0.15, -0.1) is 11.3 Å². The summed E-state index contributed by atoms with van der Waals surface area (Å²) in [4.78, 5) is 22.7. The number of thiophene rings is 1. The number of amides is 1. The van der Waals surface area contributed by atoms with Gasteiger partial charge in [-0.1, -0.05) is 17.7 Å². The summed E-state index contributed by atoms with van der Waals surface area (Å²) in [6.07, 6.45) is 1.51. The van der Waals surface area contributed by atoms with E-state index in [1.807, 2.05) is 25.1 Å². The zero-order valence-corrected chi connectivity index (χ0v) is 19.9. The van der Waals surface area contributed by atoms with Crippen LogP contribution in [0.1, 0.15) is 20.8 Å². The minimum absolute atomic E-state index is 0.0761. The highest BCUT2D eigenvalue weighted by Crippen LogP contribution is 2.43. The monoisotopic (exact) mass is 492 g/mol. The molecule has 1 aromatic carbocycles. The second-order valence-electron chi connectivity index (χ2n) is 8.07. The van der Waals surface area contributed by atoms with Crippen molar-refractivity contribution >= 4 is 56.3 Å². The Bertz CT molecular complexity index is 1450. The average molecular weight is 493 g/mol. The largest absolute Gasteiger partial charge is 0.464 e. The lowest BCUT2D eigenvalue weighted by atomic mass is 10.0. The molecule has 0 atom stereocenters. The maximum absolute atomic E-state index is 13.5. The van der Waals surface area contributed by atoms with Crippen molar-refractivity contribution in [1.29, 1.82) is 5.26 Å². The summed E-state index contributed by atoms with van der Waals surface area (Å²) in [5.41, 5.74) is 15.7. The number of halogens is 1. The van der Waals surface area contributed by atoms with Gasteiger partial charge in [0.15, 0.2) is 0 Å². The van der Waals surface area contributed by atoms with Gasteiger partial charge >= 0.3 is 0 Å². The summed E-state index contributed by atoms with van der Waals surface area (Å²) >= 11 is 7.37. The average Bonchev–Trinajstić information content (AvgIpc) is 3.48. The molecule has 34 heavy (non-hydrogen) atoms. The number of aromatic nitrogens is 1. The van der Waals surface area contributed by atoms with Crippen LogP contribution >= 0.6 is 22.9 Å². The Morgan fingerprint density at radius 2 is 2.00 bits per heavy atom. The number of hydrogen-bond donors (Lipinski definition) is 2. The highest BCUT2D eigenvalue weighted by molar-refractivity contribution is 7.21. The lowest BCUT2D eigenvalue weighted by molar-refractivity contribution is 0.0752. The molecule has 0 saturated carbocycles. The molecule has 0 bridgehead atoms. The Kier molecular flexibility index (Phi) is 5.55. The van der Waals surface area contributed by atoms with Gasteiger partial charge in [-0.25, -0.2) is 4.98 Å².